The van der Waals surface area contributed by atoms with Crippen LogP contribution in [-0.2, 0) is 25.8 Å². The van der Waals surface area contributed by atoms with Crippen molar-refractivity contribution in [2.45, 2.75) is 26.9 Å². The first-order chi connectivity index (χ1) is 11.1. The predicted molar refractivity (Wildman–Crippen MR) is 121 cm³/mol. The van der Waals surface area contributed by atoms with Crippen molar-refractivity contribution in [3.8, 4) is 0 Å². The van der Waals surface area contributed by atoms with Crippen molar-refractivity contribution in [1.29, 1.82) is 0 Å². The summed E-state index contributed by atoms with van der Waals surface area (Å²) in [6.45, 7) is 8.56. The van der Waals surface area contributed by atoms with Gasteiger partial charge >= 0.3 is 0 Å². The largest absolute Gasteiger partial charge is 0.165 e. The average molecular weight is 568 g/mol. The van der Waals surface area contributed by atoms with E-state index in [2.05, 4.69) is 99.7 Å². The van der Waals surface area contributed by atoms with Gasteiger partial charge in [-0.05, 0) is 0 Å². The third-order valence-electron chi connectivity index (χ3n) is 3.52. The molecular formula is C22H26Cl2HfSi-2. The fraction of sp³-hybridized carbons (Fsp3) is 0.182. The number of benzene rings is 2. The zero-order chi connectivity index (χ0) is 16.7. The topological polar surface area (TPSA) is 0 Å². The second kappa shape index (κ2) is 14.4. The minimum absolute atomic E-state index is 0. The molecule has 0 aliphatic heterocycles. The van der Waals surface area contributed by atoms with E-state index in [4.69, 9.17) is 0 Å². The van der Waals surface area contributed by atoms with Gasteiger partial charge in [0.2, 0.25) is 0 Å². The van der Waals surface area contributed by atoms with Crippen molar-refractivity contribution in [1.82, 2.24) is 0 Å². The summed E-state index contributed by atoms with van der Waals surface area (Å²) < 4.78 is 0. The Morgan fingerprint density at radius 1 is 0.654 bits per heavy atom. The number of fused-ring (bicyclic) bond motifs is 2. The van der Waals surface area contributed by atoms with Gasteiger partial charge < -0.3 is 0 Å². The standard InChI is InChI=1S/2C10H9.C2H6Si.2ClH.Hf/c2*1-8-6-9-4-2-3-5-10(9)7-8;1-3-2;;;/h2*2-7H,1H3;1-2H3;2*1H;/q2*-1;;;;. The Hall–Kier alpha value is -0.673. The van der Waals surface area contributed by atoms with Crippen LogP contribution in [-0.4, -0.2) is 9.52 Å². The molecule has 26 heavy (non-hydrogen) atoms. The van der Waals surface area contributed by atoms with E-state index < -0.39 is 0 Å². The van der Waals surface area contributed by atoms with Crippen LogP contribution < -0.4 is 0 Å². The Labute approximate surface area is 191 Å². The maximum atomic E-state index is 2.20. The fourth-order valence-corrected chi connectivity index (χ4v) is 2.61. The summed E-state index contributed by atoms with van der Waals surface area (Å²) in [7, 11) is 1.08. The Kier molecular flexibility index (Phi) is 15.2. The summed E-state index contributed by atoms with van der Waals surface area (Å²) >= 11 is 0. The zero-order valence-corrected chi connectivity index (χ0v) is 22.0. The minimum Gasteiger partial charge on any atom is -0.165 e. The molecule has 0 N–H and O–H groups in total. The van der Waals surface area contributed by atoms with Crippen molar-refractivity contribution in [2.24, 2.45) is 0 Å². The number of rotatable bonds is 0. The summed E-state index contributed by atoms with van der Waals surface area (Å²) in [6.07, 6.45) is 0. The maximum absolute atomic E-state index is 2.20. The molecule has 0 spiro atoms. The molecule has 0 amide bonds. The van der Waals surface area contributed by atoms with Crippen LogP contribution in [0.2, 0.25) is 13.1 Å². The summed E-state index contributed by atoms with van der Waals surface area (Å²) in [5, 5.41) is 5.39. The van der Waals surface area contributed by atoms with E-state index in [0.29, 0.717) is 0 Å². The molecule has 0 saturated carbocycles. The molecule has 4 heteroatoms. The Morgan fingerprint density at radius 2 is 0.962 bits per heavy atom. The fourth-order valence-electron chi connectivity index (χ4n) is 2.61. The number of halogens is 2. The first-order valence-corrected chi connectivity index (χ1v) is 9.96. The normalized spacial score (nSPS) is 8.77. The van der Waals surface area contributed by atoms with Crippen molar-refractivity contribution in [3.63, 3.8) is 0 Å². The summed E-state index contributed by atoms with van der Waals surface area (Å²) in [4.78, 5) is 0. The van der Waals surface area contributed by atoms with E-state index in [9.17, 15) is 0 Å². The van der Waals surface area contributed by atoms with Crippen molar-refractivity contribution in [3.05, 3.63) is 83.9 Å². The second-order valence-corrected chi connectivity index (χ2v) is 6.82. The van der Waals surface area contributed by atoms with Gasteiger partial charge in [0.25, 0.3) is 0 Å². The van der Waals surface area contributed by atoms with Gasteiger partial charge in [-0.2, -0.15) is 12.1 Å². The number of hydrogen-bond acceptors (Lipinski definition) is 0. The zero-order valence-electron chi connectivity index (χ0n) is 15.7. The van der Waals surface area contributed by atoms with Crippen LogP contribution in [0.1, 0.15) is 11.1 Å². The smallest absolute Gasteiger partial charge is 0.0307 e. The van der Waals surface area contributed by atoms with Gasteiger partial charge in [0.05, 0.1) is 0 Å². The number of aryl methyl sites for hydroxylation is 2. The van der Waals surface area contributed by atoms with Crippen LogP contribution in [0, 0.1) is 13.8 Å². The monoisotopic (exact) mass is 568 g/mol. The summed E-state index contributed by atoms with van der Waals surface area (Å²) in [5.74, 6) is 0. The van der Waals surface area contributed by atoms with Gasteiger partial charge in [0.1, 0.15) is 0 Å². The van der Waals surface area contributed by atoms with Gasteiger partial charge in [-0.25, -0.2) is 0 Å². The van der Waals surface area contributed by atoms with Gasteiger partial charge in [0, 0.05) is 35.4 Å². The molecule has 0 fully saturated rings. The molecule has 0 aromatic heterocycles. The molecule has 2 radical (unpaired) electrons. The van der Waals surface area contributed by atoms with Crippen molar-refractivity contribution >= 4 is 55.9 Å². The number of hydrogen-bond donors (Lipinski definition) is 0. The van der Waals surface area contributed by atoms with E-state index in [-0.39, 0.29) is 50.7 Å². The van der Waals surface area contributed by atoms with E-state index in [1.165, 1.54) is 32.7 Å². The Bertz CT molecular complexity index is 726. The van der Waals surface area contributed by atoms with Crippen LogP contribution in [0.15, 0.2) is 72.8 Å². The van der Waals surface area contributed by atoms with E-state index in [1.807, 2.05) is 0 Å². The van der Waals surface area contributed by atoms with Gasteiger partial charge in [-0.1, -0.05) is 39.1 Å². The quantitative estimate of drug-likeness (QED) is 0.154. The Balaban J connectivity index is 0. The molecule has 0 saturated heterocycles. The van der Waals surface area contributed by atoms with E-state index in [1.54, 1.807) is 0 Å². The minimum atomic E-state index is 0. The molecule has 4 rings (SSSR count). The molecule has 4 aromatic rings. The van der Waals surface area contributed by atoms with Crippen LogP contribution in [0.3, 0.4) is 0 Å². The summed E-state index contributed by atoms with van der Waals surface area (Å²) in [5.41, 5.74) is 2.70. The van der Waals surface area contributed by atoms with E-state index >= 15 is 0 Å². The van der Waals surface area contributed by atoms with Crippen LogP contribution in [0.4, 0.5) is 0 Å². The molecule has 0 aliphatic rings. The predicted octanol–water partition coefficient (Wildman–Crippen LogP) is 7.36. The first kappa shape index (κ1) is 27.5. The average Bonchev–Trinajstić information content (AvgIpc) is 3.08. The van der Waals surface area contributed by atoms with Crippen molar-refractivity contribution in [2.75, 3.05) is 0 Å². The second-order valence-electron chi connectivity index (χ2n) is 5.82. The summed E-state index contributed by atoms with van der Waals surface area (Å²) in [6, 6.07) is 25.7. The SMILES string of the molecule is C[Si]C.Cc1cc2ccccc2[cH-]1.Cc1cc2ccccc2[cH-]1.Cl.Cl.[Hf]. The molecule has 0 atom stereocenters. The van der Waals surface area contributed by atoms with Gasteiger partial charge in [0.15, 0.2) is 0 Å². The van der Waals surface area contributed by atoms with E-state index in [0.717, 1.165) is 9.52 Å². The first-order valence-electron chi connectivity index (χ1n) is 7.96. The molecule has 138 valence electrons. The molecule has 4 aromatic carbocycles. The maximum Gasteiger partial charge on any atom is 0.0307 e. The molecule has 0 aliphatic carbocycles. The van der Waals surface area contributed by atoms with Crippen LogP contribution in [0.25, 0.3) is 21.5 Å². The van der Waals surface area contributed by atoms with Crippen LogP contribution >= 0.6 is 24.8 Å². The van der Waals surface area contributed by atoms with Crippen LogP contribution in [0.5, 0.6) is 0 Å². The molecule has 0 bridgehead atoms. The third-order valence-corrected chi connectivity index (χ3v) is 3.52. The molecular weight excluding hydrogens is 542 g/mol. The molecule has 0 nitrogen and oxygen atoms in total. The molecule has 0 unspecified atom stereocenters. The Morgan fingerprint density at radius 3 is 1.27 bits per heavy atom. The van der Waals surface area contributed by atoms with Gasteiger partial charge in [-0.3, -0.25) is 0 Å². The van der Waals surface area contributed by atoms with Crippen molar-refractivity contribution < 1.29 is 25.8 Å². The van der Waals surface area contributed by atoms with Gasteiger partial charge in [-0.15, -0.1) is 106 Å². The third kappa shape index (κ3) is 8.35. The molecule has 0 heterocycles.